The van der Waals surface area contributed by atoms with E-state index in [2.05, 4.69) is 0 Å². The summed E-state index contributed by atoms with van der Waals surface area (Å²) in [5, 5.41) is 0. The first-order chi connectivity index (χ1) is 15.1. The molecule has 4 aliphatic heterocycles. The van der Waals surface area contributed by atoms with Crippen LogP contribution >= 0.6 is 0 Å². The smallest absolute Gasteiger partial charge is 0.244 e. The van der Waals surface area contributed by atoms with Crippen molar-refractivity contribution in [3.05, 3.63) is 54.1 Å². The Hall–Kier alpha value is -3.19. The maximum Gasteiger partial charge on any atom is 0.244 e. The van der Waals surface area contributed by atoms with Crippen molar-refractivity contribution in [1.29, 1.82) is 0 Å². The molecule has 158 valence electrons. The third-order valence-corrected chi connectivity index (χ3v) is 7.17. The van der Waals surface area contributed by atoms with Crippen LogP contribution in [0.3, 0.4) is 0 Å². The fourth-order valence-corrected chi connectivity index (χ4v) is 5.95. The molecule has 6 rings (SSSR count). The number of amides is 2. The van der Waals surface area contributed by atoms with Gasteiger partial charge < -0.3 is 14.4 Å². The number of carbonyl (C=O) groups excluding carboxylic acids is 3. The summed E-state index contributed by atoms with van der Waals surface area (Å²) in [6.45, 7) is 1.73. The summed E-state index contributed by atoms with van der Waals surface area (Å²) < 4.78 is 11.2. The molecule has 5 atom stereocenters. The Kier molecular flexibility index (Phi) is 4.14. The maximum atomic E-state index is 13.6. The Morgan fingerprint density at radius 1 is 0.935 bits per heavy atom. The monoisotopic (exact) mass is 419 g/mol. The zero-order valence-corrected chi connectivity index (χ0v) is 17.0. The molecule has 0 aliphatic carbocycles. The molecule has 2 amide bonds. The lowest BCUT2D eigenvalue weighted by Crippen LogP contribution is -3.16. The fourth-order valence-electron chi connectivity index (χ4n) is 5.95. The molecule has 1 N–H and O–H groups in total. The molecule has 2 aromatic rings. The number of nitrogens with zero attached hydrogens (tertiary/aromatic N) is 1. The average Bonchev–Trinajstić information content (AvgIpc) is 3.45. The van der Waals surface area contributed by atoms with E-state index < -0.39 is 17.9 Å². The average molecular weight is 419 g/mol. The first-order valence-electron chi connectivity index (χ1n) is 10.9. The third-order valence-electron chi connectivity index (χ3n) is 7.17. The van der Waals surface area contributed by atoms with Gasteiger partial charge in [0, 0.05) is 24.5 Å². The fraction of sp³-hybridized carbons (Fsp3) is 0.375. The van der Waals surface area contributed by atoms with Crippen LogP contribution in [-0.2, 0) is 9.59 Å². The molecule has 0 saturated carbocycles. The van der Waals surface area contributed by atoms with Crippen molar-refractivity contribution < 1.29 is 28.8 Å². The highest BCUT2D eigenvalue weighted by Gasteiger charge is 2.68. The number of ketones is 1. The molecule has 0 radical (unpaired) electrons. The van der Waals surface area contributed by atoms with Gasteiger partial charge in [-0.2, -0.15) is 0 Å². The molecule has 31 heavy (non-hydrogen) atoms. The van der Waals surface area contributed by atoms with Crippen molar-refractivity contribution in [2.75, 3.05) is 24.7 Å². The van der Waals surface area contributed by atoms with Gasteiger partial charge in [0.25, 0.3) is 0 Å². The molecule has 0 aromatic heterocycles. The van der Waals surface area contributed by atoms with E-state index in [9.17, 15) is 14.4 Å². The highest BCUT2D eigenvalue weighted by atomic mass is 16.6. The number of Topliss-reactive ketones (excluding diaryl/α,β-unsaturated/α-hetero) is 1. The van der Waals surface area contributed by atoms with Gasteiger partial charge in [-0.15, -0.1) is 0 Å². The zero-order valence-electron chi connectivity index (χ0n) is 17.0. The summed E-state index contributed by atoms with van der Waals surface area (Å²) in [4.78, 5) is 43.0. The van der Waals surface area contributed by atoms with E-state index in [4.69, 9.17) is 9.47 Å². The van der Waals surface area contributed by atoms with Crippen molar-refractivity contribution in [1.82, 2.24) is 0 Å². The summed E-state index contributed by atoms with van der Waals surface area (Å²) in [7, 11) is 0. The van der Waals surface area contributed by atoms with Crippen molar-refractivity contribution in [3.8, 4) is 11.5 Å². The van der Waals surface area contributed by atoms with Crippen LogP contribution in [0.15, 0.2) is 48.5 Å². The van der Waals surface area contributed by atoms with E-state index in [1.165, 1.54) is 4.90 Å². The van der Waals surface area contributed by atoms with Crippen molar-refractivity contribution in [2.45, 2.75) is 24.9 Å². The predicted molar refractivity (Wildman–Crippen MR) is 110 cm³/mol. The second kappa shape index (κ2) is 6.92. The Labute approximate surface area is 179 Å². The van der Waals surface area contributed by atoms with Crippen LogP contribution in [0.4, 0.5) is 5.69 Å². The van der Waals surface area contributed by atoms with Crippen LogP contribution < -0.4 is 19.3 Å². The number of ether oxygens (including phenoxy) is 2. The molecule has 0 bridgehead atoms. The van der Waals surface area contributed by atoms with Crippen LogP contribution in [0.5, 0.6) is 11.5 Å². The number of fused-ring (bicyclic) bond motifs is 4. The summed E-state index contributed by atoms with van der Waals surface area (Å²) in [5.74, 6) is -0.434. The van der Waals surface area contributed by atoms with Gasteiger partial charge in [0.15, 0.2) is 17.5 Å². The number of hydrogen-bond donors (Lipinski definition) is 1. The Bertz CT molecular complexity index is 1080. The van der Waals surface area contributed by atoms with Gasteiger partial charge in [0.2, 0.25) is 17.6 Å². The predicted octanol–water partition coefficient (Wildman–Crippen LogP) is 0.876. The Morgan fingerprint density at radius 3 is 2.48 bits per heavy atom. The van der Waals surface area contributed by atoms with Gasteiger partial charge in [0.05, 0.1) is 12.2 Å². The molecule has 4 aliphatic rings. The van der Waals surface area contributed by atoms with Crippen LogP contribution in [0.1, 0.15) is 23.2 Å². The molecule has 7 nitrogen and oxygen atoms in total. The van der Waals surface area contributed by atoms with Crippen LogP contribution in [0.25, 0.3) is 0 Å². The minimum Gasteiger partial charge on any atom is -0.486 e. The maximum absolute atomic E-state index is 13.6. The van der Waals surface area contributed by atoms with Crippen LogP contribution in [0.2, 0.25) is 0 Å². The van der Waals surface area contributed by atoms with E-state index in [-0.39, 0.29) is 23.6 Å². The van der Waals surface area contributed by atoms with Gasteiger partial charge in [-0.3, -0.25) is 14.4 Å². The van der Waals surface area contributed by atoms with Gasteiger partial charge in [-0.25, -0.2) is 4.90 Å². The van der Waals surface area contributed by atoms with Crippen molar-refractivity contribution in [2.24, 2.45) is 11.8 Å². The lowest BCUT2D eigenvalue weighted by Gasteiger charge is -2.26. The summed E-state index contributed by atoms with van der Waals surface area (Å²) in [6, 6.07) is 13.8. The number of imide groups is 1. The molecule has 2 aromatic carbocycles. The number of rotatable bonds is 3. The van der Waals surface area contributed by atoms with Gasteiger partial charge in [-0.1, -0.05) is 30.3 Å². The number of anilines is 1. The number of hydrogen-bond acceptors (Lipinski definition) is 5. The Balaban J connectivity index is 1.39. The normalized spacial score (nSPS) is 31.0. The number of carbonyl (C=O) groups is 3. The summed E-state index contributed by atoms with van der Waals surface area (Å²) in [6.07, 6.45) is 1.83. The Morgan fingerprint density at radius 2 is 1.68 bits per heavy atom. The van der Waals surface area contributed by atoms with Crippen molar-refractivity contribution in [3.63, 3.8) is 0 Å². The third kappa shape index (κ3) is 2.66. The first kappa shape index (κ1) is 18.6. The topological polar surface area (TPSA) is 77.3 Å². The molecular weight excluding hydrogens is 396 g/mol. The minimum absolute atomic E-state index is 0.0151. The van der Waals surface area contributed by atoms with Crippen LogP contribution in [0, 0.1) is 11.8 Å². The van der Waals surface area contributed by atoms with Crippen molar-refractivity contribution >= 4 is 23.3 Å². The molecule has 0 spiro atoms. The van der Waals surface area contributed by atoms with E-state index >= 15 is 0 Å². The van der Waals surface area contributed by atoms with Gasteiger partial charge in [0.1, 0.15) is 31.1 Å². The molecule has 4 heterocycles. The number of nitrogens with one attached hydrogen (secondary N) is 1. The van der Waals surface area contributed by atoms with E-state index in [1.54, 1.807) is 30.3 Å². The lowest BCUT2D eigenvalue weighted by molar-refractivity contribution is -0.915. The largest absolute Gasteiger partial charge is 0.486 e. The number of benzene rings is 2. The molecule has 1 unspecified atom stereocenters. The lowest BCUT2D eigenvalue weighted by atomic mass is 9.85. The zero-order chi connectivity index (χ0) is 21.1. The van der Waals surface area contributed by atoms with E-state index in [0.29, 0.717) is 36.0 Å². The highest BCUT2D eigenvalue weighted by molar-refractivity contribution is 6.24. The second-order valence-electron chi connectivity index (χ2n) is 8.67. The molecular formula is C24H23N2O5+. The van der Waals surface area contributed by atoms with E-state index in [1.807, 2.05) is 18.2 Å². The van der Waals surface area contributed by atoms with Crippen LogP contribution in [-0.4, -0.2) is 49.4 Å². The quantitative estimate of drug-likeness (QED) is 0.590. The highest BCUT2D eigenvalue weighted by Crippen LogP contribution is 2.42. The first-order valence-corrected chi connectivity index (χ1v) is 10.9. The second-order valence-corrected chi connectivity index (χ2v) is 8.67. The minimum atomic E-state index is -0.617. The van der Waals surface area contributed by atoms with Gasteiger partial charge in [-0.05, 0) is 12.1 Å². The molecule has 3 fully saturated rings. The number of quaternary nitrogens is 1. The molecule has 7 heteroatoms. The summed E-state index contributed by atoms with van der Waals surface area (Å²) >= 11 is 0. The SMILES string of the molecule is O=C(c1ccccc1)[C@H]1[C@@H]2C(=O)N(c3ccc4c(c3)OCCO4)C(=O)[C@@H]2[C@H]2CCC[NH+]21. The summed E-state index contributed by atoms with van der Waals surface area (Å²) in [5.41, 5.74) is 1.09. The van der Waals surface area contributed by atoms with Gasteiger partial charge >= 0.3 is 0 Å². The standard InChI is InChI=1S/C24H22N2O5/c27-22(14-5-2-1-3-6-14)21-20-19(16-7-4-10-25(16)21)23(28)26(24(20)29)15-8-9-17-18(13-15)31-12-11-30-17/h1-3,5-6,8-9,13,16,19-21H,4,7,10-12H2/p+1/t16-,19-,20-,21-/m1/s1. The van der Waals surface area contributed by atoms with E-state index in [0.717, 1.165) is 24.3 Å². The molecule has 3 saturated heterocycles.